The van der Waals surface area contributed by atoms with Gasteiger partial charge >= 0.3 is 5.97 Å². The summed E-state index contributed by atoms with van der Waals surface area (Å²) >= 11 is 5.53. The molecular weight excluding hydrogens is 398 g/mol. The Balaban J connectivity index is 1.83. The van der Waals surface area contributed by atoms with E-state index in [0.717, 1.165) is 36.2 Å². The minimum absolute atomic E-state index is 0.0817. The molecule has 2 aliphatic rings. The number of benzene rings is 1. The molecule has 1 aliphatic carbocycles. The van der Waals surface area contributed by atoms with Crippen LogP contribution in [0.15, 0.2) is 35.5 Å². The highest BCUT2D eigenvalue weighted by Gasteiger charge is 2.34. The summed E-state index contributed by atoms with van der Waals surface area (Å²) in [5.74, 6) is 0.141. The maximum Gasteiger partial charge on any atom is 0.338 e. The highest BCUT2D eigenvalue weighted by atomic mass is 32.1. The van der Waals surface area contributed by atoms with Gasteiger partial charge in [0.2, 0.25) is 5.91 Å². The molecule has 1 aliphatic heterocycles. The number of carbonyl (C=O) groups excluding carboxylic acids is 2. The van der Waals surface area contributed by atoms with Gasteiger partial charge in [-0.1, -0.05) is 32.4 Å². The number of allylic oxidation sites excluding steroid dienone is 1. The van der Waals surface area contributed by atoms with E-state index in [1.54, 1.807) is 0 Å². The number of anilines is 1. The molecule has 3 rings (SSSR count). The summed E-state index contributed by atoms with van der Waals surface area (Å²) in [5.41, 5.74) is 3.03. The van der Waals surface area contributed by atoms with Crippen LogP contribution in [0.25, 0.3) is 0 Å². The zero-order valence-corrected chi connectivity index (χ0v) is 19.0. The van der Waals surface area contributed by atoms with E-state index in [1.807, 2.05) is 56.9 Å². The summed E-state index contributed by atoms with van der Waals surface area (Å²) in [7, 11) is 0. The van der Waals surface area contributed by atoms with E-state index < -0.39 is 6.04 Å². The van der Waals surface area contributed by atoms with Gasteiger partial charge < -0.3 is 20.3 Å². The van der Waals surface area contributed by atoms with Crippen LogP contribution in [0.2, 0.25) is 0 Å². The van der Waals surface area contributed by atoms with E-state index in [4.69, 9.17) is 17.0 Å². The topological polar surface area (TPSA) is 70.7 Å². The molecule has 6 nitrogen and oxygen atoms in total. The second-order valence-electron chi connectivity index (χ2n) is 8.36. The molecule has 0 unspecified atom stereocenters. The number of carbonyl (C=O) groups is 2. The van der Waals surface area contributed by atoms with Crippen molar-refractivity contribution in [2.75, 3.05) is 18.5 Å². The second kappa shape index (κ2) is 9.60. The number of nitrogens with one attached hydrogen (secondary N) is 2. The van der Waals surface area contributed by atoms with Crippen LogP contribution in [-0.2, 0) is 14.3 Å². The molecule has 30 heavy (non-hydrogen) atoms. The van der Waals surface area contributed by atoms with Gasteiger partial charge in [-0.25, -0.2) is 4.79 Å². The third kappa shape index (κ3) is 4.83. The maximum atomic E-state index is 12.9. The van der Waals surface area contributed by atoms with Crippen molar-refractivity contribution in [2.45, 2.75) is 53.0 Å². The van der Waals surface area contributed by atoms with Crippen LogP contribution in [0.4, 0.5) is 5.69 Å². The van der Waals surface area contributed by atoms with Gasteiger partial charge in [-0.15, -0.1) is 0 Å². The lowest BCUT2D eigenvalue weighted by atomic mass is 9.85. The summed E-state index contributed by atoms with van der Waals surface area (Å²) < 4.78 is 5.55. The fourth-order valence-corrected chi connectivity index (χ4v) is 4.05. The van der Waals surface area contributed by atoms with Crippen LogP contribution in [0.3, 0.4) is 0 Å². The van der Waals surface area contributed by atoms with E-state index in [9.17, 15) is 9.59 Å². The number of ether oxygens (including phenoxy) is 1. The fraction of sp³-hybridized carbons (Fsp3) is 0.522. The molecule has 2 N–H and O–H groups in total. The van der Waals surface area contributed by atoms with Gasteiger partial charge in [-0.2, -0.15) is 0 Å². The fourth-order valence-electron chi connectivity index (χ4n) is 3.67. The summed E-state index contributed by atoms with van der Waals surface area (Å²) in [6.07, 6.45) is 3.06. The van der Waals surface area contributed by atoms with E-state index >= 15 is 0 Å². The highest BCUT2D eigenvalue weighted by molar-refractivity contribution is 7.80. The van der Waals surface area contributed by atoms with Crippen LogP contribution < -0.4 is 10.6 Å². The SMILES string of the molecule is CCN1C(=S)N[C@@H](c2ccc(NC(=O)C3CCC3)cc2)C(C(=O)OCC(C)C)=C1C. The Labute approximate surface area is 184 Å². The molecule has 0 bridgehead atoms. The first kappa shape index (κ1) is 22.3. The molecule has 0 radical (unpaired) electrons. The molecule has 1 fully saturated rings. The number of nitrogens with zero attached hydrogens (tertiary/aromatic N) is 1. The van der Waals surface area contributed by atoms with Crippen LogP contribution in [0.5, 0.6) is 0 Å². The predicted octanol–water partition coefficient (Wildman–Crippen LogP) is 4.15. The molecule has 1 amide bonds. The first-order valence-electron chi connectivity index (χ1n) is 10.7. The smallest absolute Gasteiger partial charge is 0.338 e. The zero-order chi connectivity index (χ0) is 21.8. The standard InChI is InChI=1S/C23H31N3O3S/c1-5-26-15(4)19(22(28)29-13-14(2)3)20(25-23(26)30)16-9-11-18(12-10-16)24-21(27)17-7-6-8-17/h9-12,14,17,20H,5-8,13H2,1-4H3,(H,24,27)(H,25,30)/t20-/m0/s1. The Kier molecular flexibility index (Phi) is 7.13. The molecule has 1 aromatic carbocycles. The highest BCUT2D eigenvalue weighted by Crippen LogP contribution is 2.32. The number of amides is 1. The summed E-state index contributed by atoms with van der Waals surface area (Å²) in [5, 5.41) is 6.85. The summed E-state index contributed by atoms with van der Waals surface area (Å²) in [4.78, 5) is 27.0. The van der Waals surface area contributed by atoms with Gasteiger partial charge in [0, 0.05) is 23.8 Å². The lowest BCUT2D eigenvalue weighted by Crippen LogP contribution is -2.47. The van der Waals surface area contributed by atoms with E-state index in [-0.39, 0.29) is 23.7 Å². The van der Waals surface area contributed by atoms with Crippen molar-refractivity contribution in [1.29, 1.82) is 0 Å². The molecule has 7 heteroatoms. The number of hydrogen-bond donors (Lipinski definition) is 2. The Bertz CT molecular complexity index is 844. The molecule has 0 spiro atoms. The first-order chi connectivity index (χ1) is 14.3. The lowest BCUT2D eigenvalue weighted by Gasteiger charge is -2.37. The quantitative estimate of drug-likeness (QED) is 0.501. The Morgan fingerprint density at radius 2 is 1.93 bits per heavy atom. The van der Waals surface area contributed by atoms with Gasteiger partial charge in [-0.3, -0.25) is 4.79 Å². The Morgan fingerprint density at radius 1 is 1.27 bits per heavy atom. The minimum Gasteiger partial charge on any atom is -0.462 e. The maximum absolute atomic E-state index is 12.9. The molecule has 162 valence electrons. The van der Waals surface area contributed by atoms with Crippen molar-refractivity contribution in [3.63, 3.8) is 0 Å². The van der Waals surface area contributed by atoms with Crippen molar-refractivity contribution in [3.8, 4) is 0 Å². The zero-order valence-electron chi connectivity index (χ0n) is 18.2. The third-order valence-corrected chi connectivity index (χ3v) is 6.01. The average molecular weight is 430 g/mol. The van der Waals surface area contributed by atoms with Gasteiger partial charge in [0.1, 0.15) is 0 Å². The molecule has 0 aromatic heterocycles. The van der Waals surface area contributed by atoms with E-state index in [2.05, 4.69) is 10.6 Å². The largest absolute Gasteiger partial charge is 0.462 e. The molecule has 0 saturated heterocycles. The first-order valence-corrected chi connectivity index (χ1v) is 11.1. The van der Waals surface area contributed by atoms with Crippen molar-refractivity contribution >= 4 is 34.9 Å². The van der Waals surface area contributed by atoms with Gasteiger partial charge in [0.05, 0.1) is 18.2 Å². The number of hydrogen-bond acceptors (Lipinski definition) is 4. The summed E-state index contributed by atoms with van der Waals surface area (Å²) in [6, 6.07) is 7.18. The van der Waals surface area contributed by atoms with Crippen molar-refractivity contribution < 1.29 is 14.3 Å². The molecule has 1 heterocycles. The van der Waals surface area contributed by atoms with Gasteiger partial charge in [0.15, 0.2) is 5.11 Å². The van der Waals surface area contributed by atoms with E-state index in [1.165, 1.54) is 0 Å². The van der Waals surface area contributed by atoms with Crippen LogP contribution in [0.1, 0.15) is 58.6 Å². The Morgan fingerprint density at radius 3 is 2.47 bits per heavy atom. The molecule has 1 atom stereocenters. The molecule has 1 saturated carbocycles. The number of rotatable bonds is 7. The van der Waals surface area contributed by atoms with Gasteiger partial charge in [0.25, 0.3) is 0 Å². The third-order valence-electron chi connectivity index (χ3n) is 5.67. The lowest BCUT2D eigenvalue weighted by molar-refractivity contribution is -0.140. The average Bonchev–Trinajstić information content (AvgIpc) is 2.65. The normalized spacial score (nSPS) is 19.4. The minimum atomic E-state index is -0.392. The molecule has 1 aromatic rings. The van der Waals surface area contributed by atoms with E-state index in [0.29, 0.717) is 23.8 Å². The molecular formula is C23H31N3O3S. The van der Waals surface area contributed by atoms with Crippen molar-refractivity contribution in [3.05, 3.63) is 41.1 Å². The van der Waals surface area contributed by atoms with Crippen LogP contribution in [0, 0.1) is 11.8 Å². The summed E-state index contributed by atoms with van der Waals surface area (Å²) in [6.45, 7) is 8.95. The van der Waals surface area contributed by atoms with Gasteiger partial charge in [-0.05, 0) is 62.5 Å². The van der Waals surface area contributed by atoms with Crippen molar-refractivity contribution in [2.24, 2.45) is 11.8 Å². The monoisotopic (exact) mass is 429 g/mol. The number of esters is 1. The number of thiocarbonyl (C=S) groups is 1. The van der Waals surface area contributed by atoms with Crippen LogP contribution in [-0.4, -0.2) is 35.0 Å². The Hall–Kier alpha value is -2.41. The second-order valence-corrected chi connectivity index (χ2v) is 8.74. The van der Waals surface area contributed by atoms with Crippen LogP contribution >= 0.6 is 12.2 Å². The van der Waals surface area contributed by atoms with Crippen molar-refractivity contribution in [1.82, 2.24) is 10.2 Å². The predicted molar refractivity (Wildman–Crippen MR) is 122 cm³/mol.